The normalized spacial score (nSPS) is 14.1. The third kappa shape index (κ3) is 8.99. The van der Waals surface area contributed by atoms with E-state index in [1.165, 1.54) is 12.3 Å². The predicted molar refractivity (Wildman–Crippen MR) is 172 cm³/mol. The van der Waals surface area contributed by atoms with Crippen molar-refractivity contribution in [1.29, 1.82) is 0 Å². The number of anilines is 2. The van der Waals surface area contributed by atoms with E-state index in [-0.39, 0.29) is 24.2 Å². The van der Waals surface area contributed by atoms with Crippen LogP contribution < -0.4 is 16.1 Å². The maximum absolute atomic E-state index is 12.3. The number of aromatic hydroxyl groups is 1. The molecule has 43 heavy (non-hydrogen) atoms. The van der Waals surface area contributed by atoms with E-state index >= 15 is 0 Å². The number of phenols is 1. The second-order valence-electron chi connectivity index (χ2n) is 9.86. The molecule has 0 unspecified atom stereocenters. The minimum absolute atomic E-state index is 0.0354. The Balaban J connectivity index is 1.04. The lowest BCUT2D eigenvalue weighted by atomic mass is 10.2. The summed E-state index contributed by atoms with van der Waals surface area (Å²) in [5, 5.41) is 23.3. The Morgan fingerprint density at radius 1 is 0.930 bits per heavy atom. The number of nitrogens with one attached hydrogen (secondary N) is 3. The van der Waals surface area contributed by atoms with Crippen LogP contribution in [0.25, 0.3) is 10.6 Å². The first-order valence-electron chi connectivity index (χ1n) is 13.4. The fourth-order valence-electron chi connectivity index (χ4n) is 4.44. The molecular weight excluding hydrogens is 609 g/mol. The molecule has 4 aromatic rings. The van der Waals surface area contributed by atoms with Crippen molar-refractivity contribution in [3.8, 4) is 16.3 Å². The average Bonchev–Trinajstić information content (AvgIpc) is 3.45. The molecule has 222 valence electrons. The Bertz CT molecular complexity index is 1610. The second-order valence-corrected chi connectivity index (χ2v) is 11.6. The molecule has 0 saturated carbocycles. The van der Waals surface area contributed by atoms with Gasteiger partial charge < -0.3 is 15.7 Å². The molecular formula is C30H29Cl2N7O3S. The van der Waals surface area contributed by atoms with Crippen LogP contribution in [0.15, 0.2) is 77.2 Å². The number of phenolic OH excluding ortho intramolecular Hbond substituents is 1. The van der Waals surface area contributed by atoms with Crippen molar-refractivity contribution in [2.75, 3.05) is 43.4 Å². The van der Waals surface area contributed by atoms with Gasteiger partial charge >= 0.3 is 6.03 Å². The van der Waals surface area contributed by atoms with Crippen molar-refractivity contribution in [2.24, 2.45) is 5.10 Å². The van der Waals surface area contributed by atoms with Gasteiger partial charge in [0.05, 0.1) is 18.5 Å². The predicted octanol–water partition coefficient (Wildman–Crippen LogP) is 5.73. The smallest absolute Gasteiger partial charge is 0.323 e. The summed E-state index contributed by atoms with van der Waals surface area (Å²) < 4.78 is 0. The molecule has 0 spiro atoms. The van der Waals surface area contributed by atoms with Crippen LogP contribution in [0.5, 0.6) is 5.75 Å². The number of piperazine rings is 1. The van der Waals surface area contributed by atoms with Crippen molar-refractivity contribution in [1.82, 2.24) is 20.2 Å². The van der Waals surface area contributed by atoms with Gasteiger partial charge in [0, 0.05) is 70.7 Å². The molecule has 1 aliphatic rings. The van der Waals surface area contributed by atoms with Crippen LogP contribution in [0, 0.1) is 0 Å². The lowest BCUT2D eigenvalue weighted by Gasteiger charge is -2.33. The van der Waals surface area contributed by atoms with Gasteiger partial charge in [0.15, 0.2) is 0 Å². The van der Waals surface area contributed by atoms with E-state index in [2.05, 4.69) is 36.3 Å². The van der Waals surface area contributed by atoms with Gasteiger partial charge in [-0.3, -0.25) is 14.6 Å². The quantitative estimate of drug-likeness (QED) is 0.137. The zero-order chi connectivity index (χ0) is 30.2. The molecule has 10 nitrogen and oxygen atoms in total. The summed E-state index contributed by atoms with van der Waals surface area (Å²) in [6.07, 6.45) is 1.37. The van der Waals surface area contributed by atoms with E-state index in [4.69, 9.17) is 28.2 Å². The van der Waals surface area contributed by atoms with Gasteiger partial charge in [-0.1, -0.05) is 29.3 Å². The van der Waals surface area contributed by atoms with Gasteiger partial charge in [-0.25, -0.2) is 15.2 Å². The third-order valence-electron chi connectivity index (χ3n) is 6.62. The number of urea groups is 1. The largest absolute Gasteiger partial charge is 0.507 e. The highest BCUT2D eigenvalue weighted by atomic mass is 35.5. The van der Waals surface area contributed by atoms with Crippen molar-refractivity contribution >= 4 is 64.1 Å². The molecule has 0 bridgehead atoms. The Hall–Kier alpha value is -4.00. The summed E-state index contributed by atoms with van der Waals surface area (Å²) in [7, 11) is 0. The van der Waals surface area contributed by atoms with Gasteiger partial charge in [0.2, 0.25) is 0 Å². The fraction of sp³-hybridized carbons (Fsp3) is 0.200. The van der Waals surface area contributed by atoms with Crippen molar-refractivity contribution in [3.05, 3.63) is 93.4 Å². The topological polar surface area (TPSA) is 122 Å². The Labute approximate surface area is 262 Å². The minimum Gasteiger partial charge on any atom is -0.507 e. The van der Waals surface area contributed by atoms with Crippen LogP contribution >= 0.6 is 34.5 Å². The first-order chi connectivity index (χ1) is 20.8. The number of hydrazone groups is 1. The molecule has 1 fully saturated rings. The molecule has 3 aromatic carbocycles. The molecule has 1 saturated heterocycles. The summed E-state index contributed by atoms with van der Waals surface area (Å²) in [6, 6.07) is 18.8. The van der Waals surface area contributed by atoms with Crippen LogP contribution in [-0.2, 0) is 11.3 Å². The van der Waals surface area contributed by atoms with Crippen LogP contribution in [0.2, 0.25) is 10.0 Å². The van der Waals surface area contributed by atoms with E-state index in [1.807, 2.05) is 24.3 Å². The van der Waals surface area contributed by atoms with Gasteiger partial charge in [0.25, 0.3) is 5.91 Å². The van der Waals surface area contributed by atoms with E-state index in [0.29, 0.717) is 27.0 Å². The van der Waals surface area contributed by atoms with Gasteiger partial charge in [-0.05, 0) is 60.7 Å². The highest BCUT2D eigenvalue weighted by molar-refractivity contribution is 7.13. The zero-order valence-corrected chi connectivity index (χ0v) is 25.3. The number of halogens is 2. The van der Waals surface area contributed by atoms with Crippen LogP contribution in [0.3, 0.4) is 0 Å². The van der Waals surface area contributed by atoms with Crippen LogP contribution in [-0.4, -0.2) is 70.8 Å². The van der Waals surface area contributed by atoms with Crippen LogP contribution in [0.1, 0.15) is 11.3 Å². The summed E-state index contributed by atoms with van der Waals surface area (Å²) in [5.74, 6) is -0.188. The Morgan fingerprint density at radius 2 is 1.65 bits per heavy atom. The maximum atomic E-state index is 12.3. The molecule has 1 aromatic heterocycles. The van der Waals surface area contributed by atoms with Crippen molar-refractivity contribution < 1.29 is 14.7 Å². The number of benzene rings is 3. The number of carbonyl (C=O) groups is 2. The fourth-order valence-corrected chi connectivity index (χ4v) is 5.63. The highest BCUT2D eigenvalue weighted by Gasteiger charge is 2.20. The number of carbonyl (C=O) groups excluding carboxylic acids is 2. The van der Waals surface area contributed by atoms with Gasteiger partial charge in [-0.2, -0.15) is 5.10 Å². The molecule has 0 atom stereocenters. The number of rotatable bonds is 9. The first kappa shape index (κ1) is 30.5. The van der Waals surface area contributed by atoms with Crippen molar-refractivity contribution in [3.63, 3.8) is 0 Å². The monoisotopic (exact) mass is 637 g/mol. The van der Waals surface area contributed by atoms with Gasteiger partial charge in [0.1, 0.15) is 10.8 Å². The van der Waals surface area contributed by atoms with Crippen molar-refractivity contribution in [2.45, 2.75) is 6.54 Å². The molecule has 0 radical (unpaired) electrons. The molecule has 2 heterocycles. The number of aromatic nitrogens is 1. The Morgan fingerprint density at radius 3 is 2.42 bits per heavy atom. The minimum atomic E-state index is -0.351. The molecule has 13 heteroatoms. The molecule has 1 aliphatic heterocycles. The standard InChI is InChI=1S/C30H29Cl2N7O3S/c31-22-2-1-3-25(15-22)36-30(42)35-24-7-4-20(5-8-24)29-34-26(19-43-29)17-38-10-12-39(13-11-38)18-28(41)37-33-16-21-14-23(32)6-9-27(21)40/h1-9,14-16,19,40H,10-13,17-18H2,(H,37,41)(H2,35,36,42)/b33-16+. The molecule has 3 amide bonds. The number of nitrogens with zero attached hydrogens (tertiary/aromatic N) is 4. The summed E-state index contributed by atoms with van der Waals surface area (Å²) in [5.41, 5.74) is 6.17. The molecule has 0 aliphatic carbocycles. The second kappa shape index (κ2) is 14.5. The lowest BCUT2D eigenvalue weighted by molar-refractivity contribution is -0.122. The highest BCUT2D eigenvalue weighted by Crippen LogP contribution is 2.26. The molecule has 5 rings (SSSR count). The van der Waals surface area contributed by atoms with E-state index in [0.717, 1.165) is 49.0 Å². The molecule has 4 N–H and O–H groups in total. The lowest BCUT2D eigenvalue weighted by Crippen LogP contribution is -2.48. The maximum Gasteiger partial charge on any atom is 0.323 e. The van der Waals surface area contributed by atoms with E-state index in [1.54, 1.807) is 47.7 Å². The summed E-state index contributed by atoms with van der Waals surface area (Å²) in [6.45, 7) is 4.11. The zero-order valence-electron chi connectivity index (χ0n) is 23.0. The van der Waals surface area contributed by atoms with Crippen LogP contribution in [0.4, 0.5) is 16.2 Å². The van der Waals surface area contributed by atoms with Gasteiger partial charge in [-0.15, -0.1) is 11.3 Å². The number of amides is 3. The van der Waals surface area contributed by atoms with E-state index < -0.39 is 0 Å². The van der Waals surface area contributed by atoms with E-state index in [9.17, 15) is 14.7 Å². The third-order valence-corrected chi connectivity index (χ3v) is 8.03. The number of hydrogen-bond donors (Lipinski definition) is 4. The first-order valence-corrected chi connectivity index (χ1v) is 15.1. The number of thiazole rings is 1. The Kier molecular flexibility index (Phi) is 10.2. The average molecular weight is 639 g/mol. The summed E-state index contributed by atoms with van der Waals surface area (Å²) in [4.78, 5) is 33.8. The number of hydrogen-bond acceptors (Lipinski definition) is 8. The summed E-state index contributed by atoms with van der Waals surface area (Å²) >= 11 is 13.5. The SMILES string of the molecule is O=C(CN1CCN(Cc2csc(-c3ccc(NC(=O)Nc4cccc(Cl)c4)cc3)n2)CC1)N/N=C/c1cc(Cl)ccc1O.